The molecule has 3 nitrogen and oxygen atoms in total. The number of hydrogen-bond donors (Lipinski definition) is 2. The van der Waals surface area contributed by atoms with Gasteiger partial charge in [0.05, 0.1) is 0 Å². The highest BCUT2D eigenvalue weighted by atomic mass is 16.3. The summed E-state index contributed by atoms with van der Waals surface area (Å²) in [6, 6.07) is 8.80. The molecular formula is C18H30N2O. The third-order valence-electron chi connectivity index (χ3n) is 4.65. The molecule has 0 aromatic heterocycles. The van der Waals surface area contributed by atoms with Crippen molar-refractivity contribution in [3.05, 3.63) is 29.8 Å². The lowest BCUT2D eigenvalue weighted by Gasteiger charge is -2.31. The summed E-state index contributed by atoms with van der Waals surface area (Å²) < 4.78 is 0. The standard InChI is InChI=1S/C18H30N2O/c1-3-15(2)12-19-18-6-4-5-17(11-18)13-20-9-7-16(14-21)8-10-20/h4-6,11,15-16,19,21H,3,7-10,12-14H2,1-2H3. The van der Waals surface area contributed by atoms with E-state index < -0.39 is 0 Å². The maximum Gasteiger partial charge on any atom is 0.0460 e. The van der Waals surface area contributed by atoms with Crippen molar-refractivity contribution in [2.75, 3.05) is 31.6 Å². The fourth-order valence-electron chi connectivity index (χ4n) is 2.80. The van der Waals surface area contributed by atoms with E-state index in [9.17, 15) is 5.11 Å². The maximum atomic E-state index is 9.20. The van der Waals surface area contributed by atoms with E-state index in [2.05, 4.69) is 48.3 Å². The van der Waals surface area contributed by atoms with Crippen LogP contribution in [0.25, 0.3) is 0 Å². The van der Waals surface area contributed by atoms with Crippen LogP contribution in [0.5, 0.6) is 0 Å². The molecule has 1 aliphatic rings. The fraction of sp³-hybridized carbons (Fsp3) is 0.667. The predicted octanol–water partition coefficient (Wildman–Crippen LogP) is 3.35. The minimum atomic E-state index is 0.350. The average Bonchev–Trinajstić information content (AvgIpc) is 2.53. The van der Waals surface area contributed by atoms with Crippen LogP contribution in [0, 0.1) is 11.8 Å². The van der Waals surface area contributed by atoms with Crippen LogP contribution in [0.1, 0.15) is 38.7 Å². The highest BCUT2D eigenvalue weighted by molar-refractivity contribution is 5.45. The molecular weight excluding hydrogens is 260 g/mol. The molecule has 1 aliphatic heterocycles. The first-order valence-corrected chi connectivity index (χ1v) is 8.37. The van der Waals surface area contributed by atoms with Crippen molar-refractivity contribution in [3.8, 4) is 0 Å². The number of likely N-dealkylation sites (tertiary alicyclic amines) is 1. The van der Waals surface area contributed by atoms with Gasteiger partial charge in [-0.05, 0) is 55.5 Å². The largest absolute Gasteiger partial charge is 0.396 e. The minimum absolute atomic E-state index is 0.350. The average molecular weight is 290 g/mol. The van der Waals surface area contributed by atoms with Crippen LogP contribution in [0.3, 0.4) is 0 Å². The Morgan fingerprint density at radius 2 is 2.10 bits per heavy atom. The monoisotopic (exact) mass is 290 g/mol. The van der Waals surface area contributed by atoms with E-state index in [4.69, 9.17) is 0 Å². The second-order valence-corrected chi connectivity index (χ2v) is 6.50. The molecule has 0 spiro atoms. The molecule has 0 bridgehead atoms. The van der Waals surface area contributed by atoms with E-state index in [-0.39, 0.29) is 0 Å². The van der Waals surface area contributed by atoms with Crippen molar-refractivity contribution in [1.29, 1.82) is 0 Å². The molecule has 1 aromatic carbocycles. The van der Waals surface area contributed by atoms with Gasteiger partial charge in [0, 0.05) is 25.4 Å². The minimum Gasteiger partial charge on any atom is -0.396 e. The van der Waals surface area contributed by atoms with Crippen LogP contribution in [0.2, 0.25) is 0 Å². The Kier molecular flexibility index (Phi) is 6.52. The number of anilines is 1. The van der Waals surface area contributed by atoms with E-state index in [1.54, 1.807) is 0 Å². The summed E-state index contributed by atoms with van der Waals surface area (Å²) in [6.07, 6.45) is 3.47. The molecule has 1 saturated heterocycles. The topological polar surface area (TPSA) is 35.5 Å². The van der Waals surface area contributed by atoms with Gasteiger partial charge in [0.1, 0.15) is 0 Å². The normalized spacial score (nSPS) is 18.6. The Morgan fingerprint density at radius 3 is 2.76 bits per heavy atom. The summed E-state index contributed by atoms with van der Waals surface area (Å²) >= 11 is 0. The molecule has 118 valence electrons. The van der Waals surface area contributed by atoms with Crippen molar-refractivity contribution in [2.24, 2.45) is 11.8 Å². The van der Waals surface area contributed by atoms with Crippen LogP contribution in [0.4, 0.5) is 5.69 Å². The molecule has 0 saturated carbocycles. The summed E-state index contributed by atoms with van der Waals surface area (Å²) in [4.78, 5) is 2.50. The summed E-state index contributed by atoms with van der Waals surface area (Å²) in [6.45, 7) is 9.15. The quantitative estimate of drug-likeness (QED) is 0.808. The number of benzene rings is 1. The van der Waals surface area contributed by atoms with Gasteiger partial charge in [0.2, 0.25) is 0 Å². The lowest BCUT2D eigenvalue weighted by molar-refractivity contribution is 0.127. The summed E-state index contributed by atoms with van der Waals surface area (Å²) in [5.74, 6) is 1.23. The van der Waals surface area contributed by atoms with Crippen molar-refractivity contribution < 1.29 is 5.11 Å². The molecule has 2 rings (SSSR count). The Morgan fingerprint density at radius 1 is 1.33 bits per heavy atom. The molecule has 0 radical (unpaired) electrons. The van der Waals surface area contributed by atoms with Gasteiger partial charge in [-0.25, -0.2) is 0 Å². The third kappa shape index (κ3) is 5.33. The van der Waals surface area contributed by atoms with Crippen molar-refractivity contribution in [1.82, 2.24) is 4.90 Å². The highest BCUT2D eigenvalue weighted by Gasteiger charge is 2.18. The molecule has 1 atom stereocenters. The molecule has 1 heterocycles. The van der Waals surface area contributed by atoms with E-state index in [1.807, 2.05) is 0 Å². The molecule has 0 amide bonds. The van der Waals surface area contributed by atoms with Crippen molar-refractivity contribution in [2.45, 2.75) is 39.7 Å². The highest BCUT2D eigenvalue weighted by Crippen LogP contribution is 2.20. The third-order valence-corrected chi connectivity index (χ3v) is 4.65. The van der Waals surface area contributed by atoms with Gasteiger partial charge in [-0.1, -0.05) is 32.4 Å². The molecule has 1 aromatic rings. The summed E-state index contributed by atoms with van der Waals surface area (Å²) in [5.41, 5.74) is 2.62. The Bertz CT molecular complexity index is 413. The lowest BCUT2D eigenvalue weighted by Crippen LogP contribution is -2.34. The van der Waals surface area contributed by atoms with Gasteiger partial charge >= 0.3 is 0 Å². The maximum absolute atomic E-state index is 9.20. The first-order valence-electron chi connectivity index (χ1n) is 8.37. The Labute approximate surface area is 129 Å². The second-order valence-electron chi connectivity index (χ2n) is 6.50. The van der Waals surface area contributed by atoms with Gasteiger partial charge in [0.15, 0.2) is 0 Å². The second kappa shape index (κ2) is 8.40. The van der Waals surface area contributed by atoms with Crippen LogP contribution in [-0.2, 0) is 6.54 Å². The van der Waals surface area contributed by atoms with Gasteiger partial charge in [-0.2, -0.15) is 0 Å². The van der Waals surface area contributed by atoms with Crippen molar-refractivity contribution in [3.63, 3.8) is 0 Å². The SMILES string of the molecule is CCC(C)CNc1cccc(CN2CCC(CO)CC2)c1. The number of piperidine rings is 1. The number of nitrogens with zero attached hydrogens (tertiary/aromatic N) is 1. The Balaban J connectivity index is 1.83. The number of aliphatic hydroxyl groups is 1. The first-order chi connectivity index (χ1) is 10.2. The van der Waals surface area contributed by atoms with E-state index in [1.165, 1.54) is 17.7 Å². The molecule has 3 heteroatoms. The van der Waals surface area contributed by atoms with Crippen LogP contribution < -0.4 is 5.32 Å². The molecule has 0 aliphatic carbocycles. The van der Waals surface area contributed by atoms with Crippen molar-refractivity contribution >= 4 is 5.69 Å². The van der Waals surface area contributed by atoms with Gasteiger partial charge in [-0.3, -0.25) is 4.90 Å². The van der Waals surface area contributed by atoms with E-state index in [0.717, 1.165) is 39.0 Å². The van der Waals surface area contributed by atoms with Gasteiger partial charge < -0.3 is 10.4 Å². The molecule has 21 heavy (non-hydrogen) atoms. The molecule has 1 unspecified atom stereocenters. The fourth-order valence-corrected chi connectivity index (χ4v) is 2.80. The number of nitrogens with one attached hydrogen (secondary N) is 1. The van der Waals surface area contributed by atoms with Crippen LogP contribution >= 0.6 is 0 Å². The zero-order valence-electron chi connectivity index (χ0n) is 13.5. The zero-order chi connectivity index (χ0) is 15.1. The van der Waals surface area contributed by atoms with Gasteiger partial charge in [-0.15, -0.1) is 0 Å². The summed E-state index contributed by atoms with van der Waals surface area (Å²) in [7, 11) is 0. The first kappa shape index (κ1) is 16.3. The van der Waals surface area contributed by atoms with Crippen LogP contribution in [-0.4, -0.2) is 36.2 Å². The number of rotatable bonds is 7. The summed E-state index contributed by atoms with van der Waals surface area (Å²) in [5, 5.41) is 12.7. The van der Waals surface area contributed by atoms with E-state index in [0.29, 0.717) is 18.4 Å². The predicted molar refractivity (Wildman–Crippen MR) is 89.5 cm³/mol. The number of aliphatic hydroxyl groups excluding tert-OH is 1. The Hall–Kier alpha value is -1.06. The van der Waals surface area contributed by atoms with Gasteiger partial charge in [0.25, 0.3) is 0 Å². The number of hydrogen-bond acceptors (Lipinski definition) is 3. The lowest BCUT2D eigenvalue weighted by atomic mass is 9.97. The van der Waals surface area contributed by atoms with E-state index >= 15 is 0 Å². The molecule has 1 fully saturated rings. The van der Waals surface area contributed by atoms with Crippen LogP contribution in [0.15, 0.2) is 24.3 Å². The molecule has 2 N–H and O–H groups in total. The smallest absolute Gasteiger partial charge is 0.0460 e. The zero-order valence-corrected chi connectivity index (χ0v) is 13.5.